The predicted octanol–water partition coefficient (Wildman–Crippen LogP) is 1.80. The van der Waals surface area contributed by atoms with Crippen molar-refractivity contribution in [1.82, 2.24) is 35.6 Å². The molecule has 6 rings (SSSR count). The summed E-state index contributed by atoms with van der Waals surface area (Å²) in [6.07, 6.45) is 3.31. The standard InChI is InChI=1S/C34H40N8O4/c1-19(2)42-33(46)39-32(40-42)34(11-12-38-18-29(43)41-25(17-35)15-24-16-28(24)41)26-9-7-22(30(44)36-3)13-20(26)5-6-21-14-23(31(45)37-4)8-10-27(21)34/h7-10,13-14,19,24-25,28,38H,5-6,11-12,15-16,18H2,1-4H3,(H,36,44)(H,37,45)(H,39,40,46)/t24-,25?,28+/m1/s1. The van der Waals surface area contributed by atoms with Gasteiger partial charge in [-0.05, 0) is 105 Å². The fourth-order valence-electron chi connectivity index (χ4n) is 7.43. The lowest BCUT2D eigenvalue weighted by molar-refractivity contribution is -0.131. The van der Waals surface area contributed by atoms with Gasteiger partial charge in [0, 0.05) is 31.3 Å². The number of fused-ring (bicyclic) bond motifs is 3. The molecule has 2 aromatic carbocycles. The summed E-state index contributed by atoms with van der Waals surface area (Å²) in [7, 11) is 3.18. The number of aromatic nitrogens is 3. The van der Waals surface area contributed by atoms with E-state index in [1.807, 2.05) is 38.1 Å². The summed E-state index contributed by atoms with van der Waals surface area (Å²) in [5.41, 5.74) is 3.39. The van der Waals surface area contributed by atoms with Gasteiger partial charge in [-0.1, -0.05) is 12.1 Å². The molecule has 1 saturated carbocycles. The van der Waals surface area contributed by atoms with Gasteiger partial charge in [0.1, 0.15) is 11.9 Å². The smallest absolute Gasteiger partial charge is 0.343 e. The lowest BCUT2D eigenvalue weighted by Crippen LogP contribution is -2.44. The number of nitriles is 1. The average molecular weight is 625 g/mol. The number of hydrogen-bond acceptors (Lipinski definition) is 7. The fourth-order valence-corrected chi connectivity index (χ4v) is 7.43. The first-order valence-corrected chi connectivity index (χ1v) is 15.9. The first-order valence-electron chi connectivity index (χ1n) is 15.9. The first kappa shape index (κ1) is 31.2. The zero-order valence-electron chi connectivity index (χ0n) is 26.6. The van der Waals surface area contributed by atoms with Crippen LogP contribution < -0.4 is 21.6 Å². The number of aromatic amines is 1. The Hall–Kier alpha value is -4.76. The molecule has 0 spiro atoms. The number of carbonyl (C=O) groups excluding carboxylic acids is 3. The molecule has 12 nitrogen and oxygen atoms in total. The number of hydrogen-bond donors (Lipinski definition) is 4. The van der Waals surface area contributed by atoms with E-state index in [9.17, 15) is 24.4 Å². The topological polar surface area (TPSA) is 165 Å². The minimum absolute atomic E-state index is 0.0827. The third-order valence-electron chi connectivity index (χ3n) is 9.80. The van der Waals surface area contributed by atoms with E-state index in [1.54, 1.807) is 31.1 Å². The number of benzene rings is 2. The predicted molar refractivity (Wildman–Crippen MR) is 170 cm³/mol. The molecular weight excluding hydrogens is 584 g/mol. The summed E-state index contributed by atoms with van der Waals surface area (Å²) in [5, 5.41) is 23.2. The molecule has 3 amide bonds. The van der Waals surface area contributed by atoms with Gasteiger partial charge in [-0.2, -0.15) is 10.4 Å². The minimum atomic E-state index is -0.983. The Kier molecular flexibility index (Phi) is 8.29. The molecule has 3 aliphatic rings. The van der Waals surface area contributed by atoms with E-state index in [4.69, 9.17) is 5.10 Å². The highest BCUT2D eigenvalue weighted by Gasteiger charge is 2.54. The molecule has 1 aromatic heterocycles. The summed E-state index contributed by atoms with van der Waals surface area (Å²) in [6, 6.07) is 13.1. The number of amides is 3. The molecule has 1 unspecified atom stereocenters. The van der Waals surface area contributed by atoms with Gasteiger partial charge in [0.15, 0.2) is 0 Å². The molecule has 2 aliphatic carbocycles. The van der Waals surface area contributed by atoms with E-state index in [1.165, 1.54) is 4.68 Å². The first-order chi connectivity index (χ1) is 22.1. The van der Waals surface area contributed by atoms with E-state index >= 15 is 0 Å². The van der Waals surface area contributed by atoms with Crippen molar-refractivity contribution < 1.29 is 14.4 Å². The van der Waals surface area contributed by atoms with Gasteiger partial charge in [0.05, 0.1) is 24.1 Å². The van der Waals surface area contributed by atoms with Gasteiger partial charge in [-0.25, -0.2) is 9.48 Å². The molecule has 4 N–H and O–H groups in total. The highest BCUT2D eigenvalue weighted by Crippen LogP contribution is 2.48. The van der Waals surface area contributed by atoms with Crippen LogP contribution in [0, 0.1) is 17.2 Å². The monoisotopic (exact) mass is 624 g/mol. The van der Waals surface area contributed by atoms with Crippen LogP contribution in [0.15, 0.2) is 41.2 Å². The van der Waals surface area contributed by atoms with Crippen molar-refractivity contribution in [2.75, 3.05) is 27.2 Å². The summed E-state index contributed by atoms with van der Waals surface area (Å²) in [6.45, 7) is 4.25. The largest absolute Gasteiger partial charge is 0.355 e. The van der Waals surface area contributed by atoms with Gasteiger partial charge >= 0.3 is 5.69 Å². The summed E-state index contributed by atoms with van der Waals surface area (Å²) in [4.78, 5) is 56.7. The van der Waals surface area contributed by atoms with Crippen LogP contribution in [0.4, 0.5) is 0 Å². The molecule has 1 saturated heterocycles. The molecule has 0 radical (unpaired) electrons. The van der Waals surface area contributed by atoms with Crippen molar-refractivity contribution in [3.63, 3.8) is 0 Å². The molecule has 240 valence electrons. The van der Waals surface area contributed by atoms with Crippen LogP contribution in [-0.4, -0.2) is 76.7 Å². The number of rotatable bonds is 9. The van der Waals surface area contributed by atoms with Crippen LogP contribution in [0.2, 0.25) is 0 Å². The average Bonchev–Trinajstić information content (AvgIpc) is 3.59. The summed E-state index contributed by atoms with van der Waals surface area (Å²) >= 11 is 0. The van der Waals surface area contributed by atoms with Crippen LogP contribution >= 0.6 is 0 Å². The van der Waals surface area contributed by atoms with E-state index < -0.39 is 5.41 Å². The van der Waals surface area contributed by atoms with Crippen LogP contribution in [0.5, 0.6) is 0 Å². The molecule has 3 atom stereocenters. The highest BCUT2D eigenvalue weighted by molar-refractivity contribution is 5.95. The lowest BCUT2D eigenvalue weighted by Gasteiger charge is -2.35. The fraction of sp³-hybridized carbons (Fsp3) is 0.471. The normalized spacial score (nSPS) is 20.6. The van der Waals surface area contributed by atoms with Gasteiger partial charge in [-0.3, -0.25) is 19.4 Å². The van der Waals surface area contributed by atoms with Crippen molar-refractivity contribution in [2.24, 2.45) is 5.92 Å². The maximum atomic E-state index is 13.3. The molecule has 2 heterocycles. The van der Waals surface area contributed by atoms with E-state index in [2.05, 4.69) is 27.0 Å². The van der Waals surface area contributed by atoms with Gasteiger partial charge < -0.3 is 20.9 Å². The van der Waals surface area contributed by atoms with Crippen LogP contribution in [-0.2, 0) is 23.1 Å². The molecule has 0 bridgehead atoms. The molecule has 3 aromatic rings. The quantitative estimate of drug-likeness (QED) is 0.264. The minimum Gasteiger partial charge on any atom is -0.355 e. The molecule has 2 fully saturated rings. The highest BCUT2D eigenvalue weighted by atomic mass is 16.2. The van der Waals surface area contributed by atoms with Crippen molar-refractivity contribution in [2.45, 2.75) is 69.5 Å². The SMILES string of the molecule is CNC(=O)c1ccc2c(c1)CCc1cc(C(=O)NC)ccc1C2(CCNCC(=O)N1C(C#N)C[C@@H]2C[C@@H]21)c1nn(C(C)C)c(=O)[nH]1. The Morgan fingerprint density at radius 2 is 1.63 bits per heavy atom. The van der Waals surface area contributed by atoms with E-state index in [-0.39, 0.29) is 48.1 Å². The molecular formula is C34H40N8O4. The zero-order valence-corrected chi connectivity index (χ0v) is 26.6. The number of carbonyl (C=O) groups is 3. The Bertz CT molecular complexity index is 1730. The Morgan fingerprint density at radius 3 is 2.15 bits per heavy atom. The number of nitrogens with zero attached hydrogens (tertiary/aromatic N) is 4. The second kappa shape index (κ2) is 12.2. The number of nitrogens with one attached hydrogen (secondary N) is 4. The second-order valence-corrected chi connectivity index (χ2v) is 12.8. The van der Waals surface area contributed by atoms with E-state index in [0.717, 1.165) is 35.1 Å². The number of likely N-dealkylation sites (tertiary alicyclic amines) is 1. The third kappa shape index (κ3) is 5.28. The van der Waals surface area contributed by atoms with Crippen molar-refractivity contribution in [3.05, 3.63) is 86.1 Å². The van der Waals surface area contributed by atoms with E-state index in [0.29, 0.717) is 48.7 Å². The maximum Gasteiger partial charge on any atom is 0.343 e. The number of piperidine rings is 1. The molecule has 1 aliphatic heterocycles. The van der Waals surface area contributed by atoms with Crippen LogP contribution in [0.25, 0.3) is 0 Å². The van der Waals surface area contributed by atoms with Gasteiger partial charge in [-0.15, -0.1) is 0 Å². The zero-order chi connectivity index (χ0) is 32.7. The van der Waals surface area contributed by atoms with Gasteiger partial charge in [0.25, 0.3) is 11.8 Å². The Morgan fingerprint density at radius 1 is 1.02 bits per heavy atom. The molecule has 12 heteroatoms. The second-order valence-electron chi connectivity index (χ2n) is 12.8. The number of H-pyrrole nitrogens is 1. The third-order valence-corrected chi connectivity index (χ3v) is 9.80. The van der Waals surface area contributed by atoms with Crippen molar-refractivity contribution in [1.29, 1.82) is 5.26 Å². The Labute approximate surface area is 267 Å². The molecule has 46 heavy (non-hydrogen) atoms. The van der Waals surface area contributed by atoms with Gasteiger partial charge in [0.2, 0.25) is 5.91 Å². The van der Waals surface area contributed by atoms with Crippen molar-refractivity contribution >= 4 is 17.7 Å². The Balaban J connectivity index is 1.45. The number of aryl methyl sites for hydroxylation is 2. The van der Waals surface area contributed by atoms with Crippen molar-refractivity contribution in [3.8, 4) is 6.07 Å². The maximum absolute atomic E-state index is 13.3. The summed E-state index contributed by atoms with van der Waals surface area (Å²) in [5.74, 6) is 0.391. The van der Waals surface area contributed by atoms with Crippen LogP contribution in [0.3, 0.4) is 0 Å². The summed E-state index contributed by atoms with van der Waals surface area (Å²) < 4.78 is 1.43. The van der Waals surface area contributed by atoms with Crippen LogP contribution in [0.1, 0.15) is 87.9 Å². The lowest BCUT2D eigenvalue weighted by atomic mass is 9.69.